The van der Waals surface area contributed by atoms with E-state index in [1.54, 1.807) is 31.2 Å². The Balaban J connectivity index is 1.55. The molecule has 0 atom stereocenters. The lowest BCUT2D eigenvalue weighted by Crippen LogP contribution is -2.02. The predicted molar refractivity (Wildman–Crippen MR) is 90.3 cm³/mol. The minimum absolute atomic E-state index is 0.175. The topological polar surface area (TPSA) is 93.0 Å². The van der Waals surface area contributed by atoms with Crippen LogP contribution in [0.25, 0.3) is 0 Å². The normalized spacial score (nSPS) is 10.6. The first kappa shape index (κ1) is 17.0. The summed E-state index contributed by atoms with van der Waals surface area (Å²) in [6.07, 6.45) is 0. The number of furan rings is 1. The van der Waals surface area contributed by atoms with E-state index in [4.69, 9.17) is 9.15 Å². The maximum atomic E-state index is 12.9. The van der Waals surface area contributed by atoms with Crippen LogP contribution < -0.4 is 5.32 Å². The van der Waals surface area contributed by atoms with E-state index in [9.17, 15) is 9.18 Å². The molecule has 2 heterocycles. The molecular weight excluding hydrogens is 347 g/mol. The van der Waals surface area contributed by atoms with Gasteiger partial charge in [0.05, 0.1) is 12.4 Å². The van der Waals surface area contributed by atoms with Crippen molar-refractivity contribution in [2.45, 2.75) is 17.8 Å². The number of anilines is 2. The molecule has 0 fully saturated rings. The lowest BCUT2D eigenvalue weighted by atomic mass is 10.3. The van der Waals surface area contributed by atoms with Crippen molar-refractivity contribution in [1.29, 1.82) is 0 Å². The van der Waals surface area contributed by atoms with Crippen LogP contribution in [0, 0.1) is 5.82 Å². The number of carbonyl (C=O) groups excluding carboxylic acids is 1. The molecule has 0 aliphatic heterocycles. The molecule has 2 N–H and O–H groups in total. The number of thioether (sulfide) groups is 1. The van der Waals surface area contributed by atoms with Crippen molar-refractivity contribution in [3.8, 4) is 0 Å². The van der Waals surface area contributed by atoms with Crippen LogP contribution >= 0.6 is 11.8 Å². The van der Waals surface area contributed by atoms with Gasteiger partial charge in [-0.1, -0.05) is 11.8 Å². The first-order valence-corrected chi connectivity index (χ1v) is 8.46. The Labute approximate surface area is 147 Å². The van der Waals surface area contributed by atoms with E-state index in [0.29, 0.717) is 34.9 Å². The number of aromatic amines is 1. The van der Waals surface area contributed by atoms with Gasteiger partial charge in [0.1, 0.15) is 11.6 Å². The third-order valence-corrected chi connectivity index (χ3v) is 3.95. The highest BCUT2D eigenvalue weighted by Crippen LogP contribution is 2.22. The molecule has 0 saturated carbocycles. The summed E-state index contributed by atoms with van der Waals surface area (Å²) in [6.45, 7) is 2.03. The fraction of sp³-hybridized carbons (Fsp3) is 0.188. The van der Waals surface area contributed by atoms with Gasteiger partial charge in [-0.25, -0.2) is 9.18 Å². The highest BCUT2D eigenvalue weighted by molar-refractivity contribution is 7.98. The number of esters is 1. The summed E-state index contributed by atoms with van der Waals surface area (Å²) in [5.41, 5.74) is 0.694. The van der Waals surface area contributed by atoms with Gasteiger partial charge in [-0.3, -0.25) is 0 Å². The molecular formula is C16H15FN4O3S. The van der Waals surface area contributed by atoms with Gasteiger partial charge in [-0.2, -0.15) is 0 Å². The van der Waals surface area contributed by atoms with E-state index in [1.165, 1.54) is 23.9 Å². The van der Waals surface area contributed by atoms with E-state index in [0.717, 1.165) is 0 Å². The Hall–Kier alpha value is -2.81. The molecule has 0 amide bonds. The van der Waals surface area contributed by atoms with Crippen molar-refractivity contribution in [1.82, 2.24) is 15.2 Å². The Morgan fingerprint density at radius 3 is 2.84 bits per heavy atom. The number of aromatic nitrogens is 3. The quantitative estimate of drug-likeness (QED) is 0.488. The van der Waals surface area contributed by atoms with Crippen molar-refractivity contribution < 1.29 is 18.3 Å². The molecule has 0 bridgehead atoms. The lowest BCUT2D eigenvalue weighted by molar-refractivity contribution is 0.0488. The van der Waals surface area contributed by atoms with Gasteiger partial charge in [-0.05, 0) is 43.3 Å². The summed E-state index contributed by atoms with van der Waals surface area (Å²) in [5.74, 6) is 0.932. The minimum Gasteiger partial charge on any atom is -0.460 e. The number of benzene rings is 1. The predicted octanol–water partition coefficient (Wildman–Crippen LogP) is 3.75. The number of halogens is 1. The Morgan fingerprint density at radius 2 is 2.08 bits per heavy atom. The molecule has 0 radical (unpaired) electrons. The van der Waals surface area contributed by atoms with Crippen LogP contribution in [0.15, 0.2) is 46.0 Å². The standard InChI is InChI=1S/C16H15FN4O3S/c1-2-23-14(22)13-8-7-12(24-13)9-25-16-19-15(20-21-16)18-11-5-3-10(17)4-6-11/h3-8H,2,9H2,1H3,(H2,18,19,20,21). The Bertz CT molecular complexity index is 847. The van der Waals surface area contributed by atoms with Crippen LogP contribution in [-0.2, 0) is 10.5 Å². The minimum atomic E-state index is -0.482. The molecule has 2 aromatic heterocycles. The van der Waals surface area contributed by atoms with Gasteiger partial charge >= 0.3 is 5.97 Å². The molecule has 0 saturated heterocycles. The molecule has 25 heavy (non-hydrogen) atoms. The van der Waals surface area contributed by atoms with Crippen molar-refractivity contribution in [2.75, 3.05) is 11.9 Å². The SMILES string of the molecule is CCOC(=O)c1ccc(CSc2nnc(Nc3ccc(F)cc3)[nH]2)o1. The third kappa shape index (κ3) is 4.60. The van der Waals surface area contributed by atoms with Crippen LogP contribution in [0.1, 0.15) is 23.2 Å². The van der Waals surface area contributed by atoms with Crippen molar-refractivity contribution >= 4 is 29.4 Å². The fourth-order valence-corrected chi connectivity index (χ4v) is 2.65. The van der Waals surface area contributed by atoms with E-state index in [2.05, 4.69) is 20.5 Å². The number of nitrogens with one attached hydrogen (secondary N) is 2. The van der Waals surface area contributed by atoms with E-state index >= 15 is 0 Å². The molecule has 3 aromatic rings. The highest BCUT2D eigenvalue weighted by Gasteiger charge is 2.13. The zero-order chi connectivity index (χ0) is 17.6. The van der Waals surface area contributed by atoms with Gasteiger partial charge < -0.3 is 19.5 Å². The van der Waals surface area contributed by atoms with Crippen LogP contribution in [0.3, 0.4) is 0 Å². The van der Waals surface area contributed by atoms with E-state index in [1.807, 2.05) is 0 Å². The highest BCUT2D eigenvalue weighted by atomic mass is 32.2. The van der Waals surface area contributed by atoms with Gasteiger partial charge in [-0.15, -0.1) is 10.2 Å². The maximum absolute atomic E-state index is 12.9. The summed E-state index contributed by atoms with van der Waals surface area (Å²) in [4.78, 5) is 14.5. The number of nitrogens with zero attached hydrogens (tertiary/aromatic N) is 2. The lowest BCUT2D eigenvalue weighted by Gasteiger charge is -2.01. The summed E-state index contributed by atoms with van der Waals surface area (Å²) >= 11 is 1.37. The number of H-pyrrole nitrogens is 1. The molecule has 0 aliphatic rings. The summed E-state index contributed by atoms with van der Waals surface area (Å²) in [6, 6.07) is 9.21. The van der Waals surface area contributed by atoms with Crippen LogP contribution in [0.5, 0.6) is 0 Å². The van der Waals surface area contributed by atoms with Crippen LogP contribution in [0.2, 0.25) is 0 Å². The summed E-state index contributed by atoms with van der Waals surface area (Å²) in [7, 11) is 0. The second kappa shape index (κ2) is 7.84. The Kier molecular flexibility index (Phi) is 5.34. The van der Waals surface area contributed by atoms with Gasteiger partial charge in [0.2, 0.25) is 11.7 Å². The van der Waals surface area contributed by atoms with Crippen LogP contribution in [-0.4, -0.2) is 27.8 Å². The van der Waals surface area contributed by atoms with Crippen molar-refractivity contribution in [3.05, 3.63) is 53.7 Å². The number of hydrogen-bond donors (Lipinski definition) is 2. The molecule has 0 aliphatic carbocycles. The third-order valence-electron chi connectivity index (χ3n) is 3.06. The zero-order valence-electron chi connectivity index (χ0n) is 13.3. The van der Waals surface area contributed by atoms with Gasteiger partial charge in [0.25, 0.3) is 0 Å². The molecule has 9 heteroatoms. The number of hydrogen-bond acceptors (Lipinski definition) is 7. The number of rotatable bonds is 7. The summed E-state index contributed by atoms with van der Waals surface area (Å²) < 4.78 is 23.2. The average Bonchev–Trinajstić information content (AvgIpc) is 3.25. The molecule has 1 aromatic carbocycles. The zero-order valence-corrected chi connectivity index (χ0v) is 14.1. The maximum Gasteiger partial charge on any atom is 0.374 e. The molecule has 0 unspecified atom stereocenters. The largest absolute Gasteiger partial charge is 0.460 e. The van der Waals surface area contributed by atoms with Gasteiger partial charge in [0.15, 0.2) is 5.16 Å². The average molecular weight is 362 g/mol. The van der Waals surface area contributed by atoms with Gasteiger partial charge in [0, 0.05) is 5.69 Å². The number of carbonyl (C=O) groups is 1. The number of ether oxygens (including phenoxy) is 1. The monoisotopic (exact) mass is 362 g/mol. The van der Waals surface area contributed by atoms with Crippen molar-refractivity contribution in [3.63, 3.8) is 0 Å². The fourth-order valence-electron chi connectivity index (χ4n) is 1.94. The summed E-state index contributed by atoms with van der Waals surface area (Å²) in [5, 5.41) is 11.5. The van der Waals surface area contributed by atoms with Crippen LogP contribution in [0.4, 0.5) is 16.0 Å². The van der Waals surface area contributed by atoms with E-state index < -0.39 is 5.97 Å². The second-order valence-corrected chi connectivity index (χ2v) is 5.85. The molecule has 0 spiro atoms. The molecule has 3 rings (SSSR count). The smallest absolute Gasteiger partial charge is 0.374 e. The van der Waals surface area contributed by atoms with Crippen molar-refractivity contribution in [2.24, 2.45) is 0 Å². The molecule has 7 nitrogen and oxygen atoms in total. The first-order valence-electron chi connectivity index (χ1n) is 7.48. The molecule has 130 valence electrons. The Morgan fingerprint density at radius 1 is 1.28 bits per heavy atom. The first-order chi connectivity index (χ1) is 12.1. The van der Waals surface area contributed by atoms with E-state index in [-0.39, 0.29) is 11.6 Å². The second-order valence-electron chi connectivity index (χ2n) is 4.89.